The molecule has 2 saturated heterocycles. The van der Waals surface area contributed by atoms with Crippen LogP contribution in [0.2, 0.25) is 0 Å². The molecular formula is C33H41FN4. The highest BCUT2D eigenvalue weighted by molar-refractivity contribution is 5.79. The monoisotopic (exact) mass is 512 g/mol. The average Bonchev–Trinajstić information content (AvgIpc) is 2.97. The van der Waals surface area contributed by atoms with Gasteiger partial charge in [0, 0.05) is 71.5 Å². The van der Waals surface area contributed by atoms with E-state index in [0.717, 1.165) is 71.9 Å². The van der Waals surface area contributed by atoms with Crippen LogP contribution in [0.1, 0.15) is 29.2 Å². The van der Waals surface area contributed by atoms with Gasteiger partial charge in [0.05, 0.1) is 0 Å². The van der Waals surface area contributed by atoms with E-state index < -0.39 is 0 Å². The minimum atomic E-state index is -0.156. The Hall–Kier alpha value is -2.83. The van der Waals surface area contributed by atoms with Gasteiger partial charge in [0.15, 0.2) is 0 Å². The molecule has 2 fully saturated rings. The molecule has 38 heavy (non-hydrogen) atoms. The SMILES string of the molecule is CN1CCN(C(CN2CCN(CCC=C(c3ccccc3)c3ccccc3)CC2)c2ccc(F)cc2)CC1. The number of halogens is 1. The molecule has 3 aromatic carbocycles. The predicted octanol–water partition coefficient (Wildman–Crippen LogP) is 5.25. The van der Waals surface area contributed by atoms with Crippen molar-refractivity contribution >= 4 is 5.57 Å². The molecule has 0 radical (unpaired) electrons. The zero-order valence-electron chi connectivity index (χ0n) is 22.7. The van der Waals surface area contributed by atoms with E-state index in [1.807, 2.05) is 12.1 Å². The van der Waals surface area contributed by atoms with Gasteiger partial charge in [0.25, 0.3) is 0 Å². The quantitative estimate of drug-likeness (QED) is 0.388. The van der Waals surface area contributed by atoms with Gasteiger partial charge in [0.1, 0.15) is 5.82 Å². The molecule has 0 saturated carbocycles. The van der Waals surface area contributed by atoms with Crippen molar-refractivity contribution in [3.8, 4) is 0 Å². The smallest absolute Gasteiger partial charge is 0.123 e. The first-order valence-electron chi connectivity index (χ1n) is 14.1. The van der Waals surface area contributed by atoms with Crippen LogP contribution in [0, 0.1) is 5.82 Å². The van der Waals surface area contributed by atoms with Gasteiger partial charge in [-0.2, -0.15) is 0 Å². The van der Waals surface area contributed by atoms with E-state index in [1.54, 1.807) is 12.1 Å². The highest BCUT2D eigenvalue weighted by Crippen LogP contribution is 2.26. The Balaban J connectivity index is 1.17. The molecule has 200 valence electrons. The van der Waals surface area contributed by atoms with Crippen molar-refractivity contribution < 1.29 is 4.39 Å². The van der Waals surface area contributed by atoms with E-state index >= 15 is 0 Å². The van der Waals surface area contributed by atoms with Crippen LogP contribution in [0.25, 0.3) is 5.57 Å². The van der Waals surface area contributed by atoms with Gasteiger partial charge in [-0.25, -0.2) is 4.39 Å². The van der Waals surface area contributed by atoms with E-state index in [2.05, 4.69) is 93.4 Å². The fourth-order valence-electron chi connectivity index (χ4n) is 5.72. The van der Waals surface area contributed by atoms with Gasteiger partial charge in [-0.05, 0) is 47.9 Å². The molecule has 4 nitrogen and oxygen atoms in total. The topological polar surface area (TPSA) is 13.0 Å². The van der Waals surface area contributed by atoms with E-state index in [9.17, 15) is 4.39 Å². The summed E-state index contributed by atoms with van der Waals surface area (Å²) in [6.45, 7) is 10.8. The second-order valence-corrected chi connectivity index (χ2v) is 10.7. The molecular weight excluding hydrogens is 471 g/mol. The van der Waals surface area contributed by atoms with Crippen molar-refractivity contribution in [2.24, 2.45) is 0 Å². The molecule has 1 atom stereocenters. The molecule has 5 heteroatoms. The molecule has 2 heterocycles. The fourth-order valence-corrected chi connectivity index (χ4v) is 5.72. The Bertz CT molecular complexity index is 1090. The minimum absolute atomic E-state index is 0.156. The van der Waals surface area contributed by atoms with Crippen LogP contribution in [-0.2, 0) is 0 Å². The second kappa shape index (κ2) is 13.3. The predicted molar refractivity (Wildman–Crippen MR) is 156 cm³/mol. The molecule has 3 aromatic rings. The van der Waals surface area contributed by atoms with Gasteiger partial charge < -0.3 is 9.80 Å². The van der Waals surface area contributed by atoms with Crippen LogP contribution in [0.15, 0.2) is 91.0 Å². The van der Waals surface area contributed by atoms with E-state index in [0.29, 0.717) is 6.04 Å². The molecule has 0 aromatic heterocycles. The van der Waals surface area contributed by atoms with Crippen molar-refractivity contribution in [2.45, 2.75) is 12.5 Å². The van der Waals surface area contributed by atoms with Crippen LogP contribution in [0.3, 0.4) is 0 Å². The van der Waals surface area contributed by atoms with Gasteiger partial charge >= 0.3 is 0 Å². The average molecular weight is 513 g/mol. The lowest BCUT2D eigenvalue weighted by Crippen LogP contribution is -2.52. The summed E-state index contributed by atoms with van der Waals surface area (Å²) in [5, 5.41) is 0. The Labute approximate surface area is 228 Å². The lowest BCUT2D eigenvalue weighted by Gasteiger charge is -2.42. The van der Waals surface area contributed by atoms with Crippen molar-refractivity contribution in [1.82, 2.24) is 19.6 Å². The van der Waals surface area contributed by atoms with Crippen LogP contribution < -0.4 is 0 Å². The summed E-state index contributed by atoms with van der Waals surface area (Å²) in [6, 6.07) is 29.0. The molecule has 0 bridgehead atoms. The van der Waals surface area contributed by atoms with Crippen molar-refractivity contribution in [2.75, 3.05) is 72.5 Å². The Morgan fingerprint density at radius 2 is 1.26 bits per heavy atom. The van der Waals surface area contributed by atoms with E-state index in [1.165, 1.54) is 22.3 Å². The van der Waals surface area contributed by atoms with Crippen LogP contribution >= 0.6 is 0 Å². The third kappa shape index (κ3) is 7.17. The van der Waals surface area contributed by atoms with Crippen molar-refractivity contribution in [1.29, 1.82) is 0 Å². The van der Waals surface area contributed by atoms with Gasteiger partial charge in [-0.3, -0.25) is 9.80 Å². The maximum atomic E-state index is 13.6. The summed E-state index contributed by atoms with van der Waals surface area (Å²) in [7, 11) is 2.20. The summed E-state index contributed by atoms with van der Waals surface area (Å²) >= 11 is 0. The molecule has 0 spiro atoms. The number of piperazine rings is 2. The highest BCUT2D eigenvalue weighted by atomic mass is 19.1. The van der Waals surface area contributed by atoms with Crippen LogP contribution in [0.5, 0.6) is 0 Å². The first kappa shape index (κ1) is 26.8. The number of hydrogen-bond donors (Lipinski definition) is 0. The number of benzene rings is 3. The Kier molecular flexibility index (Phi) is 9.37. The normalized spacial score (nSPS) is 18.8. The Morgan fingerprint density at radius 3 is 1.84 bits per heavy atom. The molecule has 2 aliphatic heterocycles. The van der Waals surface area contributed by atoms with E-state index in [4.69, 9.17) is 0 Å². The van der Waals surface area contributed by atoms with Gasteiger partial charge in [-0.1, -0.05) is 78.9 Å². The largest absolute Gasteiger partial charge is 0.304 e. The first-order valence-corrected chi connectivity index (χ1v) is 14.1. The third-order valence-corrected chi connectivity index (χ3v) is 8.09. The molecule has 2 aliphatic rings. The Morgan fingerprint density at radius 1 is 0.711 bits per heavy atom. The molecule has 0 N–H and O–H groups in total. The summed E-state index contributed by atoms with van der Waals surface area (Å²) in [6.07, 6.45) is 3.45. The van der Waals surface area contributed by atoms with E-state index in [-0.39, 0.29) is 5.82 Å². The minimum Gasteiger partial charge on any atom is -0.304 e. The lowest BCUT2D eigenvalue weighted by molar-refractivity contribution is 0.0642. The summed E-state index contributed by atoms with van der Waals surface area (Å²) in [4.78, 5) is 10.2. The zero-order chi connectivity index (χ0) is 26.2. The number of likely N-dealkylation sites (N-methyl/N-ethyl adjacent to an activating group) is 1. The lowest BCUT2D eigenvalue weighted by atomic mass is 9.97. The fraction of sp³-hybridized carbons (Fsp3) is 0.394. The maximum absolute atomic E-state index is 13.6. The van der Waals surface area contributed by atoms with Gasteiger partial charge in [-0.15, -0.1) is 0 Å². The van der Waals surface area contributed by atoms with Crippen LogP contribution in [0.4, 0.5) is 4.39 Å². The molecule has 1 unspecified atom stereocenters. The zero-order valence-corrected chi connectivity index (χ0v) is 22.7. The molecule has 0 amide bonds. The summed E-state index contributed by atoms with van der Waals surface area (Å²) in [5.74, 6) is -0.156. The second-order valence-electron chi connectivity index (χ2n) is 10.7. The third-order valence-electron chi connectivity index (χ3n) is 8.09. The van der Waals surface area contributed by atoms with Crippen molar-refractivity contribution in [3.05, 3.63) is 114 Å². The maximum Gasteiger partial charge on any atom is 0.123 e. The van der Waals surface area contributed by atoms with Gasteiger partial charge in [0.2, 0.25) is 0 Å². The standard InChI is InChI=1S/C33H41FN4/c1-35-19-25-38(26-20-35)33(30-14-16-31(34)17-15-30)27-37-23-21-36(22-24-37)18-8-13-32(28-9-4-2-5-10-28)29-11-6-3-7-12-29/h2-7,9-17,33H,8,18-27H2,1H3. The van der Waals surface area contributed by atoms with Crippen LogP contribution in [-0.4, -0.2) is 92.1 Å². The molecule has 5 rings (SSSR count). The molecule has 0 aliphatic carbocycles. The first-order chi connectivity index (χ1) is 18.7. The summed E-state index contributed by atoms with van der Waals surface area (Å²) < 4.78 is 13.6. The van der Waals surface area contributed by atoms with Crippen molar-refractivity contribution in [3.63, 3.8) is 0 Å². The summed E-state index contributed by atoms with van der Waals surface area (Å²) in [5.41, 5.74) is 5.11. The number of nitrogens with zero attached hydrogens (tertiary/aromatic N) is 4. The highest BCUT2D eigenvalue weighted by Gasteiger charge is 2.27. The number of rotatable bonds is 9. The number of hydrogen-bond acceptors (Lipinski definition) is 4.